The van der Waals surface area contributed by atoms with Gasteiger partial charge in [0, 0.05) is 35.3 Å². The van der Waals surface area contributed by atoms with Crippen molar-refractivity contribution in [2.24, 2.45) is 0 Å². The summed E-state index contributed by atoms with van der Waals surface area (Å²) >= 11 is 0. The van der Waals surface area contributed by atoms with Crippen LogP contribution in [0.5, 0.6) is 0 Å². The zero-order chi connectivity index (χ0) is 40.3. The first-order chi connectivity index (χ1) is 29.0. The number of aryl methyl sites for hydroxylation is 2. The smallest absolute Gasteiger partial charge is 0.270 e. The molecule has 0 aliphatic heterocycles. The first-order valence-corrected chi connectivity index (χ1v) is 20.7. The highest BCUT2D eigenvalue weighted by atomic mass is 16.6. The van der Waals surface area contributed by atoms with Gasteiger partial charge in [0.25, 0.3) is 5.69 Å². The molecule has 0 saturated carbocycles. The summed E-state index contributed by atoms with van der Waals surface area (Å²) in [6.45, 7) is 4.44. The Morgan fingerprint density at radius 2 is 0.864 bits per heavy atom. The van der Waals surface area contributed by atoms with Crippen molar-refractivity contribution in [1.29, 1.82) is 0 Å². The number of rotatable bonds is 13. The van der Waals surface area contributed by atoms with Crippen molar-refractivity contribution >= 4 is 27.8 Å². The van der Waals surface area contributed by atoms with Crippen LogP contribution in [-0.2, 0) is 12.8 Å². The van der Waals surface area contributed by atoms with Gasteiger partial charge in [-0.1, -0.05) is 190 Å². The van der Waals surface area contributed by atoms with Gasteiger partial charge in [-0.25, -0.2) is 0 Å². The number of nitrogens with zero attached hydrogens (tertiary/aromatic N) is 1. The highest BCUT2D eigenvalue weighted by molar-refractivity contribution is 5.93. The summed E-state index contributed by atoms with van der Waals surface area (Å²) in [5, 5.41) is 24.0. The Morgan fingerprint density at radius 1 is 0.492 bits per heavy atom. The molecule has 290 valence electrons. The average molecular weight is 770 g/mol. The van der Waals surface area contributed by atoms with E-state index in [1.807, 2.05) is 36.4 Å². The molecule has 59 heavy (non-hydrogen) atoms. The predicted molar refractivity (Wildman–Crippen MR) is 243 cm³/mol. The van der Waals surface area contributed by atoms with E-state index in [1.54, 1.807) is 0 Å². The molecule has 0 radical (unpaired) electrons. The maximum absolute atomic E-state index is 13.2. The molecule has 1 aliphatic rings. The Kier molecular flexibility index (Phi) is 10.5. The first kappa shape index (κ1) is 37.6. The molecule has 2 atom stereocenters. The van der Waals surface area contributed by atoms with Gasteiger partial charge < -0.3 is 10.6 Å². The van der Waals surface area contributed by atoms with Crippen LogP contribution in [0.2, 0.25) is 0 Å². The van der Waals surface area contributed by atoms with Crippen LogP contribution in [0.1, 0.15) is 93.4 Å². The van der Waals surface area contributed by atoms with Gasteiger partial charge >= 0.3 is 0 Å². The Balaban J connectivity index is 1.35. The number of nitrogens with one attached hydrogen (secondary N) is 2. The van der Waals surface area contributed by atoms with E-state index in [9.17, 15) is 10.1 Å². The molecule has 2 N–H and O–H groups in total. The number of anilines is 2. The number of hydrogen-bond acceptors (Lipinski definition) is 4. The third-order valence-electron chi connectivity index (χ3n) is 12.1. The summed E-state index contributed by atoms with van der Waals surface area (Å²) in [7, 11) is 0. The number of nitro benzene ring substituents is 1. The molecule has 5 heteroatoms. The first-order valence-electron chi connectivity index (χ1n) is 20.7. The van der Waals surface area contributed by atoms with Gasteiger partial charge in [-0.2, -0.15) is 0 Å². The van der Waals surface area contributed by atoms with Crippen LogP contribution in [0.25, 0.3) is 10.8 Å². The summed E-state index contributed by atoms with van der Waals surface area (Å²) in [4.78, 5) is 12.9. The van der Waals surface area contributed by atoms with Gasteiger partial charge in [0.15, 0.2) is 0 Å². The van der Waals surface area contributed by atoms with E-state index in [1.165, 1.54) is 38.7 Å². The molecule has 0 heterocycles. The summed E-state index contributed by atoms with van der Waals surface area (Å²) in [6, 6.07) is 64.7. The van der Waals surface area contributed by atoms with Gasteiger partial charge in [0.1, 0.15) is 0 Å². The van der Waals surface area contributed by atoms with Crippen molar-refractivity contribution in [3.63, 3.8) is 0 Å². The molecule has 2 unspecified atom stereocenters. The van der Waals surface area contributed by atoms with Crippen molar-refractivity contribution in [1.82, 2.24) is 0 Å². The Hall–Kier alpha value is -6.98. The van der Waals surface area contributed by atoms with Gasteiger partial charge in [-0.15, -0.1) is 0 Å². The summed E-state index contributed by atoms with van der Waals surface area (Å²) in [6.07, 6.45) is 1.81. The third-order valence-corrected chi connectivity index (χ3v) is 12.1. The topological polar surface area (TPSA) is 67.2 Å². The zero-order valence-electron chi connectivity index (χ0n) is 33.4. The fourth-order valence-electron chi connectivity index (χ4n) is 9.42. The largest absolute Gasteiger partial charge is 0.375 e. The predicted octanol–water partition coefficient (Wildman–Crippen LogP) is 13.6. The van der Waals surface area contributed by atoms with Crippen molar-refractivity contribution < 1.29 is 4.92 Å². The van der Waals surface area contributed by atoms with E-state index in [0.29, 0.717) is 0 Å². The molecule has 1 aliphatic carbocycles. The van der Waals surface area contributed by atoms with Crippen LogP contribution in [0.15, 0.2) is 188 Å². The minimum absolute atomic E-state index is 0.0604. The van der Waals surface area contributed by atoms with Crippen LogP contribution in [0.4, 0.5) is 17.1 Å². The molecule has 9 rings (SSSR count). The standard InChI is InChI=1S/C54H47N3O2/c1-3-36-28-17-29-37(4-2)51(36)55-53-44-32-18-30-42-31-19-33-45(50(42)44)54(53)56-52-46(48(38-20-9-5-10-21-38)39-22-11-6-12-23-39)34-43(57(58)59)35-47(52)49(40-24-13-7-14-25-40)41-26-15-8-16-27-41/h5-35,48-49,53-56H,3-4H2,1-2H3. The quantitative estimate of drug-likeness (QED) is 0.0696. The van der Waals surface area contributed by atoms with E-state index < -0.39 is 0 Å². The monoisotopic (exact) mass is 769 g/mol. The molecule has 8 aromatic rings. The molecule has 0 amide bonds. The second-order valence-corrected chi connectivity index (χ2v) is 15.5. The lowest BCUT2D eigenvalue weighted by molar-refractivity contribution is -0.385. The molecule has 0 saturated heterocycles. The normalized spacial score (nSPS) is 14.5. The van der Waals surface area contributed by atoms with E-state index in [2.05, 4.69) is 176 Å². The maximum atomic E-state index is 13.2. The van der Waals surface area contributed by atoms with Gasteiger partial charge in [0.2, 0.25) is 0 Å². The Morgan fingerprint density at radius 3 is 1.24 bits per heavy atom. The molecule has 0 fully saturated rings. The lowest BCUT2D eigenvalue weighted by atomic mass is 9.78. The van der Waals surface area contributed by atoms with Gasteiger partial charge in [0.05, 0.1) is 17.0 Å². The summed E-state index contributed by atoms with van der Waals surface area (Å²) in [5.74, 6) is -0.631. The van der Waals surface area contributed by atoms with E-state index in [-0.39, 0.29) is 34.5 Å². The van der Waals surface area contributed by atoms with Crippen LogP contribution in [0, 0.1) is 10.1 Å². The van der Waals surface area contributed by atoms with Crippen molar-refractivity contribution in [2.75, 3.05) is 10.6 Å². The number of hydrogen-bond donors (Lipinski definition) is 2. The van der Waals surface area contributed by atoms with Crippen molar-refractivity contribution in [3.8, 4) is 0 Å². The minimum atomic E-state index is -0.316. The van der Waals surface area contributed by atoms with Crippen LogP contribution in [-0.4, -0.2) is 4.92 Å². The Labute approximate surface area is 346 Å². The molecule has 8 aromatic carbocycles. The van der Waals surface area contributed by atoms with Crippen molar-refractivity contribution in [3.05, 3.63) is 254 Å². The number of non-ortho nitro benzene ring substituents is 1. The minimum Gasteiger partial charge on any atom is -0.375 e. The number of benzene rings is 8. The molecule has 0 aromatic heterocycles. The van der Waals surface area contributed by atoms with Crippen LogP contribution >= 0.6 is 0 Å². The lowest BCUT2D eigenvalue weighted by Gasteiger charge is -2.33. The fraction of sp³-hybridized carbons (Fsp3) is 0.148. The fourth-order valence-corrected chi connectivity index (χ4v) is 9.42. The van der Waals surface area contributed by atoms with Gasteiger partial charge in [-0.3, -0.25) is 10.1 Å². The maximum Gasteiger partial charge on any atom is 0.270 e. The molecular formula is C54H47N3O2. The summed E-state index contributed by atoms with van der Waals surface area (Å²) in [5.41, 5.74) is 13.1. The van der Waals surface area contributed by atoms with Crippen LogP contribution < -0.4 is 10.6 Å². The SMILES string of the molecule is CCc1cccc(CC)c1NC1c2cccc3cccc(c23)C1Nc1c(C(c2ccccc2)c2ccccc2)cc([N+](=O)[O-])cc1C(c1ccccc1)c1ccccc1. The molecule has 0 bridgehead atoms. The second kappa shape index (κ2) is 16.5. The molecular weight excluding hydrogens is 723 g/mol. The molecule has 0 spiro atoms. The highest BCUT2D eigenvalue weighted by Gasteiger charge is 2.38. The van der Waals surface area contributed by atoms with E-state index in [0.717, 1.165) is 51.9 Å². The van der Waals surface area contributed by atoms with Gasteiger partial charge in [-0.05, 0) is 79.2 Å². The summed E-state index contributed by atoms with van der Waals surface area (Å²) < 4.78 is 0. The number of nitro groups is 1. The highest BCUT2D eigenvalue weighted by Crippen LogP contribution is 2.52. The Bertz CT molecular complexity index is 2530. The third kappa shape index (κ3) is 7.14. The van der Waals surface area contributed by atoms with E-state index >= 15 is 0 Å². The second-order valence-electron chi connectivity index (χ2n) is 15.5. The number of para-hydroxylation sites is 1. The molecule has 5 nitrogen and oxygen atoms in total. The van der Waals surface area contributed by atoms with Crippen molar-refractivity contribution in [2.45, 2.75) is 50.6 Å². The lowest BCUT2D eigenvalue weighted by Crippen LogP contribution is -2.25. The zero-order valence-corrected chi connectivity index (χ0v) is 33.4. The van der Waals surface area contributed by atoms with Crippen LogP contribution in [0.3, 0.4) is 0 Å². The van der Waals surface area contributed by atoms with E-state index in [4.69, 9.17) is 0 Å². The average Bonchev–Trinajstić information content (AvgIpc) is 3.58.